The highest BCUT2D eigenvalue weighted by Gasteiger charge is 2.30. The van der Waals surface area contributed by atoms with Gasteiger partial charge in [0.2, 0.25) is 16.0 Å². The number of nitrogens with zero attached hydrogens (tertiary/aromatic N) is 4. The van der Waals surface area contributed by atoms with Gasteiger partial charge in [-0.15, -0.1) is 0 Å². The molecule has 1 aromatic rings. The van der Waals surface area contributed by atoms with Gasteiger partial charge >= 0.3 is 12.2 Å². The van der Waals surface area contributed by atoms with Crippen LogP contribution in [0.1, 0.15) is 12.2 Å². The van der Waals surface area contributed by atoms with E-state index in [1.165, 1.54) is 7.11 Å². The standard InChI is InChI=1S/C12H18F3N5O4S/c1-23-11-18-9(8-16-25(21,22)7-2-12(13,14)15)17-10(19-11)20-3-5-24-6-4-20/h16H,2-8H2,1H3. The van der Waals surface area contributed by atoms with Crippen LogP contribution in [-0.4, -0.2) is 68.7 Å². The van der Waals surface area contributed by atoms with Crippen LogP contribution in [-0.2, 0) is 21.3 Å². The number of morpholine rings is 1. The van der Waals surface area contributed by atoms with Crippen LogP contribution < -0.4 is 14.4 Å². The molecule has 1 aliphatic heterocycles. The summed E-state index contributed by atoms with van der Waals surface area (Å²) in [6, 6.07) is -0.0130. The molecule has 0 unspecified atom stereocenters. The number of rotatable bonds is 7. The van der Waals surface area contributed by atoms with Crippen LogP contribution in [0.25, 0.3) is 0 Å². The summed E-state index contributed by atoms with van der Waals surface area (Å²) in [5.74, 6) is -0.724. The van der Waals surface area contributed by atoms with Gasteiger partial charge in [0.05, 0.1) is 39.0 Å². The fraction of sp³-hybridized carbons (Fsp3) is 0.750. The van der Waals surface area contributed by atoms with Crippen LogP contribution in [0.5, 0.6) is 6.01 Å². The van der Waals surface area contributed by atoms with E-state index >= 15 is 0 Å². The number of ether oxygens (including phenoxy) is 2. The van der Waals surface area contributed by atoms with Crippen molar-refractivity contribution in [2.75, 3.05) is 44.1 Å². The molecule has 9 nitrogen and oxygen atoms in total. The number of halogens is 3. The number of hydrogen-bond acceptors (Lipinski definition) is 8. The maximum Gasteiger partial charge on any atom is 0.390 e. The quantitative estimate of drug-likeness (QED) is 0.704. The number of hydrogen-bond donors (Lipinski definition) is 1. The van der Waals surface area contributed by atoms with Crippen molar-refractivity contribution in [1.82, 2.24) is 19.7 Å². The van der Waals surface area contributed by atoms with Gasteiger partial charge in [0.15, 0.2) is 5.82 Å². The van der Waals surface area contributed by atoms with E-state index in [9.17, 15) is 21.6 Å². The zero-order chi connectivity index (χ0) is 18.5. The molecule has 1 fully saturated rings. The first-order chi connectivity index (χ1) is 11.7. The second-order valence-electron chi connectivity index (χ2n) is 5.14. The Morgan fingerprint density at radius 1 is 1.24 bits per heavy atom. The summed E-state index contributed by atoms with van der Waals surface area (Å²) in [5, 5.41) is 0. The maximum atomic E-state index is 12.1. The second kappa shape index (κ2) is 8.10. The lowest BCUT2D eigenvalue weighted by atomic mass is 10.4. The zero-order valence-corrected chi connectivity index (χ0v) is 14.2. The van der Waals surface area contributed by atoms with Crippen molar-refractivity contribution >= 4 is 16.0 Å². The molecule has 0 amide bonds. The van der Waals surface area contributed by atoms with Gasteiger partial charge in [0.25, 0.3) is 0 Å². The van der Waals surface area contributed by atoms with Crippen LogP contribution in [0.15, 0.2) is 0 Å². The first-order valence-corrected chi connectivity index (χ1v) is 8.99. The molecular weight excluding hydrogens is 367 g/mol. The number of nitrogens with one attached hydrogen (secondary N) is 1. The first kappa shape index (κ1) is 19.6. The Hall–Kier alpha value is -1.73. The Morgan fingerprint density at radius 2 is 1.92 bits per heavy atom. The molecule has 0 bridgehead atoms. The normalized spacial score (nSPS) is 16.1. The molecule has 0 atom stereocenters. The van der Waals surface area contributed by atoms with E-state index in [2.05, 4.69) is 19.7 Å². The topological polar surface area (TPSA) is 107 Å². The average molecular weight is 385 g/mol. The van der Waals surface area contributed by atoms with E-state index in [0.717, 1.165) is 0 Å². The molecule has 1 N–H and O–H groups in total. The number of sulfonamides is 1. The van der Waals surface area contributed by atoms with Crippen LogP contribution in [0.2, 0.25) is 0 Å². The molecule has 0 aromatic carbocycles. The van der Waals surface area contributed by atoms with E-state index in [-0.39, 0.29) is 18.4 Å². The second-order valence-corrected chi connectivity index (χ2v) is 7.07. The third kappa shape index (κ3) is 6.59. The molecule has 0 spiro atoms. The Morgan fingerprint density at radius 3 is 2.52 bits per heavy atom. The minimum absolute atomic E-state index is 0.0130. The van der Waals surface area contributed by atoms with Gasteiger partial charge < -0.3 is 14.4 Å². The van der Waals surface area contributed by atoms with Gasteiger partial charge in [-0.25, -0.2) is 13.1 Å². The summed E-state index contributed by atoms with van der Waals surface area (Å²) in [7, 11) is -2.77. The lowest BCUT2D eigenvalue weighted by Crippen LogP contribution is -2.38. The lowest BCUT2D eigenvalue weighted by Gasteiger charge is -2.26. The van der Waals surface area contributed by atoms with E-state index in [4.69, 9.17) is 9.47 Å². The summed E-state index contributed by atoms with van der Waals surface area (Å²) >= 11 is 0. The third-order valence-corrected chi connectivity index (χ3v) is 4.56. The Bertz CT molecular complexity index is 680. The van der Waals surface area contributed by atoms with Crippen molar-refractivity contribution < 1.29 is 31.1 Å². The SMILES string of the molecule is COc1nc(CNS(=O)(=O)CCC(F)(F)F)nc(N2CCOCC2)n1. The van der Waals surface area contributed by atoms with Gasteiger partial charge in [-0.1, -0.05) is 0 Å². The van der Waals surface area contributed by atoms with Crippen LogP contribution >= 0.6 is 0 Å². The van der Waals surface area contributed by atoms with Crippen LogP contribution in [0.3, 0.4) is 0 Å². The molecule has 0 saturated carbocycles. The molecule has 1 aliphatic rings. The number of alkyl halides is 3. The molecule has 142 valence electrons. The van der Waals surface area contributed by atoms with E-state index in [1.807, 2.05) is 4.90 Å². The van der Waals surface area contributed by atoms with Crippen molar-refractivity contribution in [3.8, 4) is 6.01 Å². The van der Waals surface area contributed by atoms with E-state index < -0.39 is 28.4 Å². The minimum Gasteiger partial charge on any atom is -0.467 e. The van der Waals surface area contributed by atoms with E-state index in [0.29, 0.717) is 32.3 Å². The van der Waals surface area contributed by atoms with Gasteiger partial charge in [-0.2, -0.15) is 28.1 Å². The monoisotopic (exact) mass is 385 g/mol. The highest BCUT2D eigenvalue weighted by Crippen LogP contribution is 2.20. The molecule has 13 heteroatoms. The van der Waals surface area contributed by atoms with Gasteiger partial charge in [0, 0.05) is 13.1 Å². The van der Waals surface area contributed by atoms with Crippen LogP contribution in [0, 0.1) is 0 Å². The summed E-state index contributed by atoms with van der Waals surface area (Å²) < 4.78 is 72.0. The van der Waals surface area contributed by atoms with Gasteiger partial charge in [-0.3, -0.25) is 0 Å². The zero-order valence-electron chi connectivity index (χ0n) is 13.4. The lowest BCUT2D eigenvalue weighted by molar-refractivity contribution is -0.129. The summed E-state index contributed by atoms with van der Waals surface area (Å²) in [6.07, 6.45) is -5.98. The molecule has 2 heterocycles. The van der Waals surface area contributed by atoms with Crippen molar-refractivity contribution in [2.45, 2.75) is 19.1 Å². The maximum absolute atomic E-state index is 12.1. The number of anilines is 1. The fourth-order valence-corrected chi connectivity index (χ4v) is 2.95. The largest absolute Gasteiger partial charge is 0.467 e. The molecule has 25 heavy (non-hydrogen) atoms. The number of aromatic nitrogens is 3. The molecule has 0 aliphatic carbocycles. The minimum atomic E-state index is -4.55. The molecule has 2 rings (SSSR count). The first-order valence-electron chi connectivity index (χ1n) is 7.34. The van der Waals surface area contributed by atoms with Crippen molar-refractivity contribution in [1.29, 1.82) is 0 Å². The van der Waals surface area contributed by atoms with Crippen LogP contribution in [0.4, 0.5) is 19.1 Å². The van der Waals surface area contributed by atoms with Crippen molar-refractivity contribution in [3.05, 3.63) is 5.82 Å². The Kier molecular flexibility index (Phi) is 6.35. The number of methoxy groups -OCH3 is 1. The third-order valence-electron chi connectivity index (χ3n) is 3.23. The highest BCUT2D eigenvalue weighted by atomic mass is 32.2. The fourth-order valence-electron chi connectivity index (χ4n) is 1.96. The van der Waals surface area contributed by atoms with Crippen molar-refractivity contribution in [3.63, 3.8) is 0 Å². The molecular formula is C12H18F3N5O4S. The molecule has 1 aromatic heterocycles. The summed E-state index contributed by atoms with van der Waals surface area (Å²) in [4.78, 5) is 13.9. The highest BCUT2D eigenvalue weighted by molar-refractivity contribution is 7.89. The predicted octanol–water partition coefficient (Wildman–Crippen LogP) is 0.0886. The van der Waals surface area contributed by atoms with Gasteiger partial charge in [-0.05, 0) is 0 Å². The Balaban J connectivity index is 2.05. The van der Waals surface area contributed by atoms with E-state index in [1.54, 1.807) is 0 Å². The summed E-state index contributed by atoms with van der Waals surface area (Å²) in [5.41, 5.74) is 0. The predicted molar refractivity (Wildman–Crippen MR) is 80.7 cm³/mol. The average Bonchev–Trinajstić information content (AvgIpc) is 2.58. The molecule has 0 radical (unpaired) electrons. The van der Waals surface area contributed by atoms with Gasteiger partial charge in [0.1, 0.15) is 0 Å². The smallest absolute Gasteiger partial charge is 0.390 e. The molecule has 1 saturated heterocycles. The Labute approximate surface area is 142 Å². The summed E-state index contributed by atoms with van der Waals surface area (Å²) in [6.45, 7) is 1.71. The van der Waals surface area contributed by atoms with Crippen molar-refractivity contribution in [2.24, 2.45) is 0 Å².